The van der Waals surface area contributed by atoms with Crippen LogP contribution in [0.2, 0.25) is 0 Å². The van der Waals surface area contributed by atoms with Gasteiger partial charge >= 0.3 is 0 Å². The van der Waals surface area contributed by atoms with Crippen LogP contribution in [0.5, 0.6) is 0 Å². The molecule has 2 nitrogen and oxygen atoms in total. The summed E-state index contributed by atoms with van der Waals surface area (Å²) in [6.45, 7) is 2.42. The highest BCUT2D eigenvalue weighted by molar-refractivity contribution is 5.17. The Labute approximate surface area is 94.1 Å². The summed E-state index contributed by atoms with van der Waals surface area (Å²) in [7, 11) is 1.85. The summed E-state index contributed by atoms with van der Waals surface area (Å²) in [4.78, 5) is 1.93. The Morgan fingerprint density at radius 2 is 2.06 bits per heavy atom. The molecule has 0 amide bonds. The molecule has 0 aliphatic carbocycles. The van der Waals surface area contributed by atoms with Gasteiger partial charge in [0.15, 0.2) is 11.6 Å². The van der Waals surface area contributed by atoms with Crippen molar-refractivity contribution in [2.24, 2.45) is 0 Å². The third kappa shape index (κ3) is 3.28. The topological polar surface area (TPSA) is 27.0 Å². The monoisotopic (exact) mass is 224 g/mol. The van der Waals surface area contributed by atoms with E-state index in [-0.39, 0.29) is 6.04 Å². The maximum absolute atomic E-state index is 12.9. The van der Waals surface area contributed by atoms with E-state index in [2.05, 4.69) is 6.07 Å². The first-order valence-corrected chi connectivity index (χ1v) is 5.05. The molecule has 0 heterocycles. The molecule has 1 atom stereocenters. The Hall–Kier alpha value is -1.47. The van der Waals surface area contributed by atoms with Crippen LogP contribution in [-0.4, -0.2) is 18.0 Å². The van der Waals surface area contributed by atoms with Crippen LogP contribution in [0.4, 0.5) is 8.78 Å². The Kier molecular flexibility index (Phi) is 4.39. The van der Waals surface area contributed by atoms with Gasteiger partial charge in [0.2, 0.25) is 0 Å². The van der Waals surface area contributed by atoms with E-state index in [9.17, 15) is 8.78 Å². The van der Waals surface area contributed by atoms with Gasteiger partial charge in [-0.2, -0.15) is 5.26 Å². The number of nitrogens with zero attached hydrogens (tertiary/aromatic N) is 2. The molecule has 0 saturated carbocycles. The quantitative estimate of drug-likeness (QED) is 0.786. The molecule has 0 spiro atoms. The maximum atomic E-state index is 12.9. The van der Waals surface area contributed by atoms with Gasteiger partial charge in [0.25, 0.3) is 0 Å². The van der Waals surface area contributed by atoms with E-state index in [0.29, 0.717) is 18.5 Å². The van der Waals surface area contributed by atoms with E-state index in [0.717, 1.165) is 6.07 Å². The second-order valence-corrected chi connectivity index (χ2v) is 3.87. The SMILES string of the molecule is CC(CC#N)N(C)Cc1ccc(F)c(F)c1. The second-order valence-electron chi connectivity index (χ2n) is 3.87. The minimum absolute atomic E-state index is 0.0955. The van der Waals surface area contributed by atoms with Crippen LogP contribution in [-0.2, 0) is 6.54 Å². The van der Waals surface area contributed by atoms with Gasteiger partial charge in [-0.15, -0.1) is 0 Å². The van der Waals surface area contributed by atoms with Crippen molar-refractivity contribution in [3.05, 3.63) is 35.4 Å². The molecule has 1 aromatic rings. The smallest absolute Gasteiger partial charge is 0.159 e. The van der Waals surface area contributed by atoms with Gasteiger partial charge in [0.05, 0.1) is 12.5 Å². The van der Waals surface area contributed by atoms with E-state index >= 15 is 0 Å². The summed E-state index contributed by atoms with van der Waals surface area (Å²) >= 11 is 0. The average molecular weight is 224 g/mol. The summed E-state index contributed by atoms with van der Waals surface area (Å²) in [5.74, 6) is -1.67. The fourth-order valence-electron chi connectivity index (χ4n) is 1.37. The molecule has 0 aliphatic heterocycles. The molecule has 0 aliphatic rings. The lowest BCUT2D eigenvalue weighted by molar-refractivity contribution is 0.252. The van der Waals surface area contributed by atoms with Crippen LogP contribution in [0.15, 0.2) is 18.2 Å². The lowest BCUT2D eigenvalue weighted by atomic mass is 10.1. The predicted molar refractivity (Wildman–Crippen MR) is 57.5 cm³/mol. The standard InChI is InChI=1S/C12H14F2N2/c1-9(5-6-15)16(2)8-10-3-4-11(13)12(14)7-10/h3-4,7,9H,5,8H2,1-2H3. The van der Waals surface area contributed by atoms with Crippen molar-refractivity contribution in [3.63, 3.8) is 0 Å². The van der Waals surface area contributed by atoms with Crippen molar-refractivity contribution in [3.8, 4) is 6.07 Å². The highest BCUT2D eigenvalue weighted by Gasteiger charge is 2.10. The first-order chi connectivity index (χ1) is 7.54. The molecule has 86 valence electrons. The summed E-state index contributed by atoms with van der Waals surface area (Å²) < 4.78 is 25.6. The molecule has 4 heteroatoms. The lowest BCUT2D eigenvalue weighted by Gasteiger charge is -2.22. The fourth-order valence-corrected chi connectivity index (χ4v) is 1.37. The zero-order valence-electron chi connectivity index (χ0n) is 9.37. The molecule has 1 aromatic carbocycles. The van der Waals surface area contributed by atoms with E-state index in [1.165, 1.54) is 6.07 Å². The highest BCUT2D eigenvalue weighted by atomic mass is 19.2. The molecular weight excluding hydrogens is 210 g/mol. The van der Waals surface area contributed by atoms with E-state index < -0.39 is 11.6 Å². The second kappa shape index (κ2) is 5.57. The van der Waals surface area contributed by atoms with Crippen molar-refractivity contribution in [2.75, 3.05) is 7.05 Å². The highest BCUT2D eigenvalue weighted by Crippen LogP contribution is 2.12. The first kappa shape index (κ1) is 12.6. The van der Waals surface area contributed by atoms with Gasteiger partial charge in [-0.1, -0.05) is 6.07 Å². The third-order valence-electron chi connectivity index (χ3n) is 2.56. The molecular formula is C12H14F2N2. The van der Waals surface area contributed by atoms with Crippen molar-refractivity contribution >= 4 is 0 Å². The molecule has 0 N–H and O–H groups in total. The number of hydrogen-bond donors (Lipinski definition) is 0. The summed E-state index contributed by atoms with van der Waals surface area (Å²) in [6.07, 6.45) is 0.417. The van der Waals surface area contributed by atoms with Crippen LogP contribution >= 0.6 is 0 Å². The van der Waals surface area contributed by atoms with Crippen molar-refractivity contribution in [2.45, 2.75) is 25.9 Å². The number of nitriles is 1. The van der Waals surface area contributed by atoms with Crippen molar-refractivity contribution in [1.29, 1.82) is 5.26 Å². The van der Waals surface area contributed by atoms with Crippen molar-refractivity contribution < 1.29 is 8.78 Å². The van der Waals surface area contributed by atoms with Gasteiger partial charge in [0, 0.05) is 12.6 Å². The molecule has 0 radical (unpaired) electrons. The van der Waals surface area contributed by atoms with Crippen molar-refractivity contribution in [1.82, 2.24) is 4.90 Å². The Morgan fingerprint density at radius 3 is 2.62 bits per heavy atom. The number of halogens is 2. The number of rotatable bonds is 4. The molecule has 0 aromatic heterocycles. The van der Waals surface area contributed by atoms with Crippen LogP contribution in [0, 0.1) is 23.0 Å². The minimum Gasteiger partial charge on any atom is -0.298 e. The van der Waals surface area contributed by atoms with Gasteiger partial charge < -0.3 is 0 Å². The molecule has 1 rings (SSSR count). The normalized spacial score (nSPS) is 12.5. The Balaban J connectivity index is 2.66. The fraction of sp³-hybridized carbons (Fsp3) is 0.417. The Morgan fingerprint density at radius 1 is 1.38 bits per heavy atom. The maximum Gasteiger partial charge on any atom is 0.159 e. The van der Waals surface area contributed by atoms with Crippen LogP contribution in [0.25, 0.3) is 0 Å². The van der Waals surface area contributed by atoms with Crippen LogP contribution in [0.1, 0.15) is 18.9 Å². The Bertz CT molecular complexity index is 398. The van der Waals surface area contributed by atoms with E-state index in [1.807, 2.05) is 18.9 Å². The van der Waals surface area contributed by atoms with E-state index in [4.69, 9.17) is 5.26 Å². The zero-order chi connectivity index (χ0) is 12.1. The minimum atomic E-state index is -0.837. The predicted octanol–water partition coefficient (Wildman–Crippen LogP) is 2.70. The van der Waals surface area contributed by atoms with Crippen LogP contribution < -0.4 is 0 Å². The van der Waals surface area contributed by atoms with Gasteiger partial charge in [0.1, 0.15) is 0 Å². The number of hydrogen-bond acceptors (Lipinski definition) is 2. The third-order valence-corrected chi connectivity index (χ3v) is 2.56. The largest absolute Gasteiger partial charge is 0.298 e. The molecule has 0 fully saturated rings. The first-order valence-electron chi connectivity index (χ1n) is 5.05. The average Bonchev–Trinajstić information content (AvgIpc) is 2.24. The summed E-state index contributed by atoms with van der Waals surface area (Å²) in [5.41, 5.74) is 0.700. The summed E-state index contributed by atoms with van der Waals surface area (Å²) in [5, 5.41) is 8.55. The van der Waals surface area contributed by atoms with Gasteiger partial charge in [-0.05, 0) is 31.7 Å². The molecule has 0 bridgehead atoms. The molecule has 1 unspecified atom stereocenters. The molecule has 16 heavy (non-hydrogen) atoms. The van der Waals surface area contributed by atoms with Crippen LogP contribution in [0.3, 0.4) is 0 Å². The van der Waals surface area contributed by atoms with E-state index in [1.54, 1.807) is 6.07 Å². The summed E-state index contributed by atoms with van der Waals surface area (Å²) in [6, 6.07) is 6.03. The number of benzene rings is 1. The lowest BCUT2D eigenvalue weighted by Crippen LogP contribution is -2.28. The van der Waals surface area contributed by atoms with Gasteiger partial charge in [-0.25, -0.2) is 8.78 Å². The molecule has 0 saturated heterocycles. The zero-order valence-corrected chi connectivity index (χ0v) is 9.37. The van der Waals surface area contributed by atoms with Gasteiger partial charge in [-0.3, -0.25) is 4.90 Å².